The van der Waals surface area contributed by atoms with Gasteiger partial charge in [0.1, 0.15) is 0 Å². The number of hydrogen-bond donors (Lipinski definition) is 1. The van der Waals surface area contributed by atoms with Crippen LogP contribution in [0.4, 0.5) is 0 Å². The highest BCUT2D eigenvalue weighted by Crippen LogP contribution is 2.26. The number of benzene rings is 1. The standard InChI is InChI=1S/C11H14N2O2S/c1-7-8(2)13(3)11-5-4-9(6-10(7)11)16(12,14)15/h4-6H,1-3H3,(H2,12,14,15). The molecule has 0 saturated heterocycles. The Morgan fingerprint density at radius 2 is 1.88 bits per heavy atom. The SMILES string of the molecule is Cc1c(C)n(C)c2ccc(S(N)(=O)=O)cc12. The Bertz CT molecular complexity index is 669. The quantitative estimate of drug-likeness (QED) is 0.817. The van der Waals surface area contributed by atoms with Crippen LogP contribution in [0, 0.1) is 13.8 Å². The van der Waals surface area contributed by atoms with Crippen molar-refractivity contribution in [3.05, 3.63) is 29.5 Å². The molecule has 16 heavy (non-hydrogen) atoms. The van der Waals surface area contributed by atoms with Crippen molar-refractivity contribution in [1.82, 2.24) is 4.57 Å². The van der Waals surface area contributed by atoms with Gasteiger partial charge in [-0.1, -0.05) is 0 Å². The van der Waals surface area contributed by atoms with E-state index < -0.39 is 10.0 Å². The van der Waals surface area contributed by atoms with E-state index in [0.717, 1.165) is 22.2 Å². The zero-order chi connectivity index (χ0) is 12.1. The molecule has 1 aromatic heterocycles. The molecule has 0 spiro atoms. The van der Waals surface area contributed by atoms with E-state index in [9.17, 15) is 8.42 Å². The lowest BCUT2D eigenvalue weighted by atomic mass is 10.1. The minimum Gasteiger partial charge on any atom is -0.348 e. The molecule has 86 valence electrons. The van der Waals surface area contributed by atoms with E-state index in [2.05, 4.69) is 0 Å². The highest BCUT2D eigenvalue weighted by atomic mass is 32.2. The summed E-state index contributed by atoms with van der Waals surface area (Å²) in [5.74, 6) is 0. The van der Waals surface area contributed by atoms with E-state index in [1.54, 1.807) is 12.1 Å². The van der Waals surface area contributed by atoms with Gasteiger partial charge in [-0.25, -0.2) is 13.6 Å². The first-order valence-electron chi connectivity index (χ1n) is 4.91. The van der Waals surface area contributed by atoms with Crippen LogP contribution in [0.5, 0.6) is 0 Å². The molecule has 0 radical (unpaired) electrons. The molecule has 0 amide bonds. The van der Waals surface area contributed by atoms with Crippen LogP contribution in [0.1, 0.15) is 11.3 Å². The van der Waals surface area contributed by atoms with Crippen molar-refractivity contribution in [3.63, 3.8) is 0 Å². The third kappa shape index (κ3) is 1.52. The van der Waals surface area contributed by atoms with Gasteiger partial charge in [0.05, 0.1) is 4.90 Å². The van der Waals surface area contributed by atoms with Crippen molar-refractivity contribution in [3.8, 4) is 0 Å². The number of nitrogens with zero attached hydrogens (tertiary/aromatic N) is 1. The van der Waals surface area contributed by atoms with Crippen LogP contribution in [0.3, 0.4) is 0 Å². The second-order valence-corrected chi connectivity index (χ2v) is 5.55. The first kappa shape index (κ1) is 11.2. The Kier molecular flexibility index (Phi) is 2.32. The highest BCUT2D eigenvalue weighted by molar-refractivity contribution is 7.89. The van der Waals surface area contributed by atoms with Crippen molar-refractivity contribution < 1.29 is 8.42 Å². The summed E-state index contributed by atoms with van der Waals surface area (Å²) >= 11 is 0. The maximum Gasteiger partial charge on any atom is 0.238 e. The monoisotopic (exact) mass is 238 g/mol. The Morgan fingerprint density at radius 1 is 1.25 bits per heavy atom. The van der Waals surface area contributed by atoms with Crippen LogP contribution in [-0.4, -0.2) is 13.0 Å². The fraction of sp³-hybridized carbons (Fsp3) is 0.273. The topological polar surface area (TPSA) is 65.1 Å². The molecule has 2 N–H and O–H groups in total. The van der Waals surface area contributed by atoms with E-state index in [0.29, 0.717) is 0 Å². The van der Waals surface area contributed by atoms with Crippen LogP contribution in [0.2, 0.25) is 0 Å². The van der Waals surface area contributed by atoms with Crippen LogP contribution < -0.4 is 5.14 Å². The largest absolute Gasteiger partial charge is 0.348 e. The van der Waals surface area contributed by atoms with Crippen LogP contribution in [0.25, 0.3) is 10.9 Å². The molecule has 0 bridgehead atoms. The summed E-state index contributed by atoms with van der Waals surface area (Å²) in [5, 5.41) is 6.04. The summed E-state index contributed by atoms with van der Waals surface area (Å²) in [5.41, 5.74) is 3.23. The summed E-state index contributed by atoms with van der Waals surface area (Å²) in [6, 6.07) is 4.96. The van der Waals surface area contributed by atoms with E-state index >= 15 is 0 Å². The Hall–Kier alpha value is -1.33. The molecule has 2 rings (SSSR count). The minimum atomic E-state index is -3.62. The number of primary sulfonamides is 1. The van der Waals surface area contributed by atoms with Gasteiger partial charge in [0.25, 0.3) is 0 Å². The first-order chi connectivity index (χ1) is 7.32. The van der Waals surface area contributed by atoms with Crippen molar-refractivity contribution >= 4 is 20.9 Å². The minimum absolute atomic E-state index is 0.161. The highest BCUT2D eigenvalue weighted by Gasteiger charge is 2.13. The second kappa shape index (κ2) is 3.33. The smallest absolute Gasteiger partial charge is 0.238 e. The van der Waals surface area contributed by atoms with Crippen molar-refractivity contribution in [2.45, 2.75) is 18.7 Å². The summed E-state index contributed by atoms with van der Waals surface area (Å²) in [4.78, 5) is 0.161. The fourth-order valence-corrected chi connectivity index (χ4v) is 2.45. The molecule has 0 saturated carbocycles. The van der Waals surface area contributed by atoms with Crippen molar-refractivity contribution in [2.24, 2.45) is 12.2 Å². The summed E-state index contributed by atoms with van der Waals surface area (Å²) < 4.78 is 24.5. The lowest BCUT2D eigenvalue weighted by Gasteiger charge is -2.00. The van der Waals surface area contributed by atoms with Crippen LogP contribution in [0.15, 0.2) is 23.1 Å². The van der Waals surface area contributed by atoms with Crippen LogP contribution >= 0.6 is 0 Å². The van der Waals surface area contributed by atoms with Gasteiger partial charge >= 0.3 is 0 Å². The molecule has 2 aromatic rings. The normalized spacial score (nSPS) is 12.2. The maximum atomic E-state index is 11.3. The molecule has 0 aliphatic rings. The second-order valence-electron chi connectivity index (χ2n) is 3.99. The molecule has 0 unspecified atom stereocenters. The van der Waals surface area contributed by atoms with Gasteiger partial charge in [-0.15, -0.1) is 0 Å². The molecule has 0 aliphatic carbocycles. The number of fused-ring (bicyclic) bond motifs is 1. The van der Waals surface area contributed by atoms with Crippen molar-refractivity contribution in [2.75, 3.05) is 0 Å². The van der Waals surface area contributed by atoms with E-state index in [-0.39, 0.29) is 4.90 Å². The van der Waals surface area contributed by atoms with Gasteiger partial charge in [0.2, 0.25) is 10.0 Å². The van der Waals surface area contributed by atoms with Crippen molar-refractivity contribution in [1.29, 1.82) is 0 Å². The predicted octanol–water partition coefficient (Wildman–Crippen LogP) is 1.44. The van der Waals surface area contributed by atoms with E-state index in [1.165, 1.54) is 6.07 Å². The molecular weight excluding hydrogens is 224 g/mol. The van der Waals surface area contributed by atoms with Gasteiger partial charge in [0.15, 0.2) is 0 Å². The van der Waals surface area contributed by atoms with Gasteiger partial charge in [-0.3, -0.25) is 0 Å². The number of rotatable bonds is 1. The summed E-state index contributed by atoms with van der Waals surface area (Å²) in [6.45, 7) is 3.98. The number of aryl methyl sites for hydroxylation is 2. The molecule has 1 aromatic carbocycles. The first-order valence-corrected chi connectivity index (χ1v) is 6.45. The van der Waals surface area contributed by atoms with Gasteiger partial charge in [-0.05, 0) is 37.6 Å². The predicted molar refractivity (Wildman–Crippen MR) is 63.8 cm³/mol. The average molecular weight is 238 g/mol. The number of aromatic nitrogens is 1. The molecule has 0 fully saturated rings. The van der Waals surface area contributed by atoms with Gasteiger partial charge in [0, 0.05) is 23.6 Å². The molecule has 5 heteroatoms. The third-order valence-corrected chi connectivity index (χ3v) is 4.02. The molecule has 0 atom stereocenters. The zero-order valence-electron chi connectivity index (χ0n) is 9.48. The average Bonchev–Trinajstić information content (AvgIpc) is 2.43. The van der Waals surface area contributed by atoms with Crippen LogP contribution in [-0.2, 0) is 17.1 Å². The molecule has 0 aliphatic heterocycles. The Morgan fingerprint density at radius 3 is 2.44 bits per heavy atom. The molecular formula is C11H14N2O2S. The number of nitrogens with two attached hydrogens (primary N) is 1. The summed E-state index contributed by atoms with van der Waals surface area (Å²) in [6.07, 6.45) is 0. The summed E-state index contributed by atoms with van der Waals surface area (Å²) in [7, 11) is -1.66. The van der Waals surface area contributed by atoms with Gasteiger partial charge < -0.3 is 4.57 Å². The maximum absolute atomic E-state index is 11.3. The Labute approximate surface area is 94.7 Å². The number of sulfonamides is 1. The van der Waals surface area contributed by atoms with E-state index in [4.69, 9.17) is 5.14 Å². The Balaban J connectivity index is 2.87. The third-order valence-electron chi connectivity index (χ3n) is 3.11. The molecule has 1 heterocycles. The van der Waals surface area contributed by atoms with E-state index in [1.807, 2.05) is 25.5 Å². The lowest BCUT2D eigenvalue weighted by Crippen LogP contribution is -2.11. The fourth-order valence-electron chi connectivity index (χ4n) is 1.91. The molecule has 4 nitrogen and oxygen atoms in total. The zero-order valence-corrected chi connectivity index (χ0v) is 10.3. The lowest BCUT2D eigenvalue weighted by molar-refractivity contribution is 0.598. The van der Waals surface area contributed by atoms with Gasteiger partial charge in [-0.2, -0.15) is 0 Å². The number of hydrogen-bond acceptors (Lipinski definition) is 2.